The number of hydrogen-bond acceptors (Lipinski definition) is 5. The maximum absolute atomic E-state index is 4.63. The predicted molar refractivity (Wildman–Crippen MR) is 99.1 cm³/mol. The van der Waals surface area contributed by atoms with Gasteiger partial charge < -0.3 is 10.2 Å². The molecule has 0 fully saturated rings. The predicted octanol–water partition coefficient (Wildman–Crippen LogP) is 4.38. The molecule has 1 aliphatic rings. The monoisotopic (exact) mass is 381 g/mol. The number of halogens is 1. The molecule has 1 N–H and O–H groups in total. The van der Waals surface area contributed by atoms with Gasteiger partial charge in [0.1, 0.15) is 0 Å². The first-order valence-electron chi connectivity index (χ1n) is 7.79. The minimum absolute atomic E-state index is 0.487. The highest BCUT2D eigenvalue weighted by Gasteiger charge is 2.21. The number of para-hydroxylation sites is 1. The number of anilines is 4. The molecule has 3 aromatic rings. The van der Waals surface area contributed by atoms with Gasteiger partial charge in [-0.2, -0.15) is 10.1 Å². The van der Waals surface area contributed by atoms with Gasteiger partial charge in [0.05, 0.1) is 11.9 Å². The smallest absolute Gasteiger partial charge is 0.249 e. The molecule has 0 saturated heterocycles. The lowest BCUT2D eigenvalue weighted by Crippen LogP contribution is -2.16. The lowest BCUT2D eigenvalue weighted by Gasteiger charge is -2.18. The molecule has 1 aliphatic heterocycles. The van der Waals surface area contributed by atoms with E-state index in [9.17, 15) is 0 Å². The molecule has 0 bridgehead atoms. The molecule has 2 aromatic carbocycles. The quantitative estimate of drug-likeness (QED) is 0.729. The van der Waals surface area contributed by atoms with Gasteiger partial charge in [0.2, 0.25) is 5.95 Å². The van der Waals surface area contributed by atoms with Gasteiger partial charge in [-0.1, -0.05) is 24.3 Å². The van der Waals surface area contributed by atoms with Gasteiger partial charge in [0.15, 0.2) is 5.82 Å². The van der Waals surface area contributed by atoms with Crippen molar-refractivity contribution in [1.82, 2.24) is 15.2 Å². The van der Waals surface area contributed by atoms with E-state index in [1.165, 1.54) is 16.8 Å². The van der Waals surface area contributed by atoms with Crippen LogP contribution in [0.2, 0.25) is 0 Å². The minimum Gasteiger partial charge on any atom is -0.324 e. The minimum atomic E-state index is 0.487. The molecule has 0 amide bonds. The zero-order chi connectivity index (χ0) is 16.5. The fourth-order valence-electron chi connectivity index (χ4n) is 2.90. The summed E-state index contributed by atoms with van der Waals surface area (Å²) in [7, 11) is 0. The summed E-state index contributed by atoms with van der Waals surface area (Å²) in [5.41, 5.74) is 4.64. The largest absolute Gasteiger partial charge is 0.324 e. The molecule has 0 atom stereocenters. The maximum Gasteiger partial charge on any atom is 0.249 e. The number of rotatable bonds is 3. The lowest BCUT2D eigenvalue weighted by molar-refractivity contribution is 0.920. The van der Waals surface area contributed by atoms with E-state index in [-0.39, 0.29) is 0 Å². The van der Waals surface area contributed by atoms with Gasteiger partial charge in [-0.3, -0.25) is 0 Å². The van der Waals surface area contributed by atoms with E-state index in [2.05, 4.69) is 72.5 Å². The van der Waals surface area contributed by atoms with Crippen LogP contribution in [-0.2, 0) is 6.42 Å². The Morgan fingerprint density at radius 1 is 1.17 bits per heavy atom. The number of nitrogens with one attached hydrogen (secondary N) is 1. The molecule has 120 valence electrons. The topological polar surface area (TPSA) is 53.9 Å². The Morgan fingerprint density at radius 3 is 2.92 bits per heavy atom. The second kappa shape index (κ2) is 6.20. The van der Waals surface area contributed by atoms with Gasteiger partial charge in [0, 0.05) is 16.7 Å². The van der Waals surface area contributed by atoms with Crippen LogP contribution in [0.25, 0.3) is 0 Å². The average Bonchev–Trinajstić information content (AvgIpc) is 3.02. The van der Waals surface area contributed by atoms with Gasteiger partial charge >= 0.3 is 0 Å². The van der Waals surface area contributed by atoms with E-state index in [1.807, 2.05) is 18.2 Å². The molecular formula is C18H16BrN5. The second-order valence-electron chi connectivity index (χ2n) is 5.78. The molecular weight excluding hydrogens is 366 g/mol. The third kappa shape index (κ3) is 2.85. The van der Waals surface area contributed by atoms with Gasteiger partial charge in [0.25, 0.3) is 0 Å². The number of aryl methyl sites for hydroxylation is 1. The van der Waals surface area contributed by atoms with Crippen molar-refractivity contribution < 1.29 is 0 Å². The van der Waals surface area contributed by atoms with Crippen LogP contribution >= 0.6 is 15.9 Å². The Kier molecular flexibility index (Phi) is 3.90. The van der Waals surface area contributed by atoms with Crippen molar-refractivity contribution in [2.45, 2.75) is 13.3 Å². The van der Waals surface area contributed by atoms with Gasteiger partial charge in [-0.05, 0) is 58.6 Å². The Labute approximate surface area is 148 Å². The summed E-state index contributed by atoms with van der Waals surface area (Å²) < 4.78 is 0.975. The Morgan fingerprint density at radius 2 is 2.04 bits per heavy atom. The molecule has 0 saturated carbocycles. The van der Waals surface area contributed by atoms with Crippen molar-refractivity contribution in [3.05, 3.63) is 64.3 Å². The van der Waals surface area contributed by atoms with Crippen molar-refractivity contribution in [2.75, 3.05) is 16.8 Å². The molecule has 0 radical (unpaired) electrons. The molecule has 0 unspecified atom stereocenters. The number of hydrogen-bond donors (Lipinski definition) is 1. The molecule has 1 aromatic heterocycles. The first kappa shape index (κ1) is 15.1. The van der Waals surface area contributed by atoms with Crippen molar-refractivity contribution in [3.8, 4) is 0 Å². The number of benzene rings is 2. The Balaban J connectivity index is 1.63. The summed E-state index contributed by atoms with van der Waals surface area (Å²) in [5, 5.41) is 11.4. The van der Waals surface area contributed by atoms with Gasteiger partial charge in [-0.15, -0.1) is 5.10 Å². The zero-order valence-corrected chi connectivity index (χ0v) is 14.8. The zero-order valence-electron chi connectivity index (χ0n) is 13.2. The SMILES string of the molecule is Cc1ccc(Nc2nncc(N3CCc4ccccc43)n2)c(Br)c1. The highest BCUT2D eigenvalue weighted by molar-refractivity contribution is 9.10. The van der Waals surface area contributed by atoms with Crippen LogP contribution in [0.3, 0.4) is 0 Å². The second-order valence-corrected chi connectivity index (χ2v) is 6.63. The summed E-state index contributed by atoms with van der Waals surface area (Å²) in [5.74, 6) is 1.29. The summed E-state index contributed by atoms with van der Waals surface area (Å²) >= 11 is 3.56. The third-order valence-corrected chi connectivity index (χ3v) is 4.74. The van der Waals surface area contributed by atoms with Crippen LogP contribution in [0.15, 0.2) is 53.1 Å². The molecule has 24 heavy (non-hydrogen) atoms. The van der Waals surface area contributed by atoms with E-state index in [0.29, 0.717) is 5.95 Å². The first-order chi connectivity index (χ1) is 11.7. The summed E-state index contributed by atoms with van der Waals surface area (Å²) in [6.07, 6.45) is 2.73. The number of nitrogens with zero attached hydrogens (tertiary/aromatic N) is 4. The van der Waals surface area contributed by atoms with E-state index >= 15 is 0 Å². The maximum atomic E-state index is 4.63. The number of aromatic nitrogens is 3. The van der Waals surface area contributed by atoms with Crippen LogP contribution in [-0.4, -0.2) is 21.7 Å². The summed E-state index contributed by atoms with van der Waals surface area (Å²) in [4.78, 5) is 6.81. The molecule has 0 aliphatic carbocycles. The van der Waals surface area contributed by atoms with E-state index in [1.54, 1.807) is 6.20 Å². The average molecular weight is 382 g/mol. The standard InChI is InChI=1S/C18H16BrN5/c1-12-6-7-15(14(19)10-12)21-18-22-17(11-20-23-18)24-9-8-13-4-2-3-5-16(13)24/h2-7,10-11H,8-9H2,1H3,(H,21,22,23). The Bertz CT molecular complexity index is 896. The molecule has 4 rings (SSSR count). The summed E-state index contributed by atoms with van der Waals surface area (Å²) in [6, 6.07) is 14.5. The molecule has 6 heteroatoms. The fourth-order valence-corrected chi connectivity index (χ4v) is 3.49. The van der Waals surface area contributed by atoms with Crippen LogP contribution in [0.4, 0.5) is 23.1 Å². The van der Waals surface area contributed by atoms with E-state index in [0.717, 1.165) is 28.9 Å². The lowest BCUT2D eigenvalue weighted by atomic mass is 10.2. The van der Waals surface area contributed by atoms with Gasteiger partial charge in [-0.25, -0.2) is 0 Å². The van der Waals surface area contributed by atoms with Crippen molar-refractivity contribution in [2.24, 2.45) is 0 Å². The van der Waals surface area contributed by atoms with Crippen LogP contribution in [0.5, 0.6) is 0 Å². The third-order valence-electron chi connectivity index (χ3n) is 4.08. The van der Waals surface area contributed by atoms with E-state index < -0.39 is 0 Å². The van der Waals surface area contributed by atoms with Crippen LogP contribution in [0, 0.1) is 6.92 Å². The highest BCUT2D eigenvalue weighted by Crippen LogP contribution is 2.33. The normalized spacial score (nSPS) is 13.0. The van der Waals surface area contributed by atoms with Crippen molar-refractivity contribution >= 4 is 39.1 Å². The highest BCUT2D eigenvalue weighted by atomic mass is 79.9. The summed E-state index contributed by atoms with van der Waals surface area (Å²) in [6.45, 7) is 2.96. The first-order valence-corrected chi connectivity index (χ1v) is 8.58. The van der Waals surface area contributed by atoms with Crippen LogP contribution in [0.1, 0.15) is 11.1 Å². The van der Waals surface area contributed by atoms with E-state index in [4.69, 9.17) is 0 Å². The van der Waals surface area contributed by atoms with Crippen molar-refractivity contribution in [1.29, 1.82) is 0 Å². The molecule has 2 heterocycles. The number of fused-ring (bicyclic) bond motifs is 1. The fraction of sp³-hybridized carbons (Fsp3) is 0.167. The molecule has 5 nitrogen and oxygen atoms in total. The van der Waals surface area contributed by atoms with Crippen molar-refractivity contribution in [3.63, 3.8) is 0 Å². The molecule has 0 spiro atoms. The Hall–Kier alpha value is -2.47. The van der Waals surface area contributed by atoms with Crippen LogP contribution < -0.4 is 10.2 Å².